The average molecular weight is 387 g/mol. The summed E-state index contributed by atoms with van der Waals surface area (Å²) in [5.74, 6) is 0.488. The molecule has 1 atom stereocenters. The van der Waals surface area contributed by atoms with Crippen LogP contribution >= 0.6 is 0 Å². The first kappa shape index (κ1) is 20.3. The van der Waals surface area contributed by atoms with Crippen LogP contribution in [0.3, 0.4) is 0 Å². The molecule has 1 amide bonds. The Labute approximate surface area is 164 Å². The number of unbranched alkanes of at least 4 members (excludes halogenated alkanes) is 1. The van der Waals surface area contributed by atoms with E-state index in [2.05, 4.69) is 22.1 Å². The molecule has 152 valence electrons. The molecule has 0 aromatic carbocycles. The molecule has 0 spiro atoms. The van der Waals surface area contributed by atoms with Crippen LogP contribution in [-0.4, -0.2) is 51.1 Å². The summed E-state index contributed by atoms with van der Waals surface area (Å²) in [7, 11) is 2.97. The lowest BCUT2D eigenvalue weighted by Gasteiger charge is -2.30. The molecular formula is C20H29N5O3. The van der Waals surface area contributed by atoms with Crippen molar-refractivity contribution >= 4 is 16.9 Å². The van der Waals surface area contributed by atoms with Gasteiger partial charge < -0.3 is 10.2 Å². The normalized spacial score (nSPS) is 17.8. The molecule has 1 aliphatic rings. The first-order valence-corrected chi connectivity index (χ1v) is 9.96. The molecule has 3 rings (SSSR count). The van der Waals surface area contributed by atoms with Crippen molar-refractivity contribution in [1.29, 1.82) is 0 Å². The number of hydrogen-bond acceptors (Lipinski definition) is 5. The number of hydrogen-bond donors (Lipinski definition) is 1. The minimum atomic E-state index is -0.463. The second-order valence-electron chi connectivity index (χ2n) is 7.78. The summed E-state index contributed by atoms with van der Waals surface area (Å²) in [6.45, 7) is 6.30. The fourth-order valence-electron chi connectivity index (χ4n) is 3.82. The molecule has 1 saturated heterocycles. The molecule has 1 N–H and O–H groups in total. The minimum absolute atomic E-state index is 0.209. The van der Waals surface area contributed by atoms with Crippen LogP contribution in [-0.2, 0) is 14.1 Å². The van der Waals surface area contributed by atoms with Crippen LogP contribution in [0.4, 0.5) is 0 Å². The van der Waals surface area contributed by atoms with Gasteiger partial charge in [-0.2, -0.15) is 0 Å². The van der Waals surface area contributed by atoms with Crippen molar-refractivity contribution in [3.8, 4) is 0 Å². The molecule has 2 aromatic heterocycles. The van der Waals surface area contributed by atoms with Crippen molar-refractivity contribution < 1.29 is 4.79 Å². The molecule has 1 aliphatic heterocycles. The predicted molar refractivity (Wildman–Crippen MR) is 109 cm³/mol. The first-order valence-electron chi connectivity index (χ1n) is 9.96. The summed E-state index contributed by atoms with van der Waals surface area (Å²) >= 11 is 0. The molecule has 0 saturated carbocycles. The van der Waals surface area contributed by atoms with Gasteiger partial charge in [0.2, 0.25) is 0 Å². The number of fused-ring (bicyclic) bond motifs is 1. The third-order valence-electron chi connectivity index (χ3n) is 5.46. The molecular weight excluding hydrogens is 358 g/mol. The van der Waals surface area contributed by atoms with E-state index in [4.69, 9.17) is 0 Å². The fraction of sp³-hybridized carbons (Fsp3) is 0.600. The van der Waals surface area contributed by atoms with Crippen LogP contribution in [0.25, 0.3) is 11.0 Å². The summed E-state index contributed by atoms with van der Waals surface area (Å²) in [4.78, 5) is 43.4. The van der Waals surface area contributed by atoms with Crippen LogP contribution in [0.15, 0.2) is 21.7 Å². The van der Waals surface area contributed by atoms with E-state index in [-0.39, 0.29) is 17.2 Å². The lowest BCUT2D eigenvalue weighted by Crippen LogP contribution is -2.37. The Bertz CT molecular complexity index is 978. The number of amides is 1. The minimum Gasteiger partial charge on any atom is -0.351 e. The second kappa shape index (κ2) is 8.68. The van der Waals surface area contributed by atoms with E-state index in [0.29, 0.717) is 11.9 Å². The van der Waals surface area contributed by atoms with E-state index in [1.165, 1.54) is 43.6 Å². The summed E-state index contributed by atoms with van der Waals surface area (Å²) in [6.07, 6.45) is 4.55. The quantitative estimate of drug-likeness (QED) is 0.743. The number of likely N-dealkylation sites (tertiary alicyclic amines) is 1. The molecule has 1 fully saturated rings. The summed E-state index contributed by atoms with van der Waals surface area (Å²) < 4.78 is 2.32. The number of piperidine rings is 1. The molecule has 28 heavy (non-hydrogen) atoms. The molecule has 8 heteroatoms. The van der Waals surface area contributed by atoms with E-state index in [1.807, 2.05) is 0 Å². The maximum atomic E-state index is 12.4. The number of pyridine rings is 1. The Morgan fingerprint density at radius 1 is 1.21 bits per heavy atom. The first-order chi connectivity index (χ1) is 13.4. The summed E-state index contributed by atoms with van der Waals surface area (Å²) in [5, 5.41) is 3.20. The number of nitrogens with one attached hydrogen (secondary N) is 1. The van der Waals surface area contributed by atoms with E-state index < -0.39 is 11.2 Å². The van der Waals surface area contributed by atoms with Crippen molar-refractivity contribution in [3.05, 3.63) is 38.7 Å². The summed E-state index contributed by atoms with van der Waals surface area (Å²) in [5.41, 5.74) is -0.445. The Hall–Kier alpha value is -2.48. The highest BCUT2D eigenvalue weighted by molar-refractivity contribution is 5.94. The molecule has 3 heterocycles. The van der Waals surface area contributed by atoms with Crippen LogP contribution in [0.2, 0.25) is 0 Å². The smallest absolute Gasteiger partial charge is 0.332 e. The number of nitrogens with zero attached hydrogens (tertiary/aromatic N) is 4. The van der Waals surface area contributed by atoms with Gasteiger partial charge in [-0.15, -0.1) is 0 Å². The Morgan fingerprint density at radius 2 is 2.00 bits per heavy atom. The standard InChI is InChI=1S/C20H29N5O3/c1-14-7-6-12-25(13-14)11-5-4-10-21-18(26)16-9-8-15-17(22-16)23(2)20(28)24(3)19(15)27/h8-9,14H,4-7,10-13H2,1-3H3,(H,21,26). The monoisotopic (exact) mass is 387 g/mol. The lowest BCUT2D eigenvalue weighted by atomic mass is 10.0. The highest BCUT2D eigenvalue weighted by Gasteiger charge is 2.16. The van der Waals surface area contributed by atoms with Gasteiger partial charge in [0.1, 0.15) is 11.3 Å². The van der Waals surface area contributed by atoms with Gasteiger partial charge in [-0.3, -0.25) is 18.7 Å². The van der Waals surface area contributed by atoms with Crippen LogP contribution in [0.1, 0.15) is 43.1 Å². The van der Waals surface area contributed by atoms with Gasteiger partial charge in [0, 0.05) is 27.2 Å². The van der Waals surface area contributed by atoms with Crippen LogP contribution in [0, 0.1) is 5.92 Å². The SMILES string of the molecule is CC1CCCN(CCCCNC(=O)c2ccc3c(=O)n(C)c(=O)n(C)c3n2)C1. The number of rotatable bonds is 6. The molecule has 2 aromatic rings. The van der Waals surface area contributed by atoms with E-state index in [1.54, 1.807) is 13.1 Å². The van der Waals surface area contributed by atoms with Gasteiger partial charge in [0.05, 0.1) is 5.39 Å². The van der Waals surface area contributed by atoms with Gasteiger partial charge in [0.25, 0.3) is 11.5 Å². The summed E-state index contributed by atoms with van der Waals surface area (Å²) in [6, 6.07) is 3.08. The van der Waals surface area contributed by atoms with Gasteiger partial charge in [-0.1, -0.05) is 6.92 Å². The number of aromatic nitrogens is 3. The molecule has 8 nitrogen and oxygen atoms in total. The molecule has 0 radical (unpaired) electrons. The highest BCUT2D eigenvalue weighted by atomic mass is 16.2. The van der Waals surface area contributed by atoms with E-state index in [9.17, 15) is 14.4 Å². The van der Waals surface area contributed by atoms with Gasteiger partial charge >= 0.3 is 5.69 Å². The molecule has 1 unspecified atom stereocenters. The zero-order valence-electron chi connectivity index (χ0n) is 16.9. The zero-order valence-corrected chi connectivity index (χ0v) is 16.9. The Kier molecular flexibility index (Phi) is 6.28. The van der Waals surface area contributed by atoms with E-state index in [0.717, 1.165) is 29.9 Å². The maximum absolute atomic E-state index is 12.4. The largest absolute Gasteiger partial charge is 0.351 e. The van der Waals surface area contributed by atoms with Gasteiger partial charge in [-0.05, 0) is 56.8 Å². The Morgan fingerprint density at radius 3 is 2.75 bits per heavy atom. The van der Waals surface area contributed by atoms with Gasteiger partial charge in [-0.25, -0.2) is 9.78 Å². The second-order valence-corrected chi connectivity index (χ2v) is 7.78. The maximum Gasteiger partial charge on any atom is 0.332 e. The molecule has 0 aliphatic carbocycles. The van der Waals surface area contributed by atoms with Crippen molar-refractivity contribution in [2.45, 2.75) is 32.6 Å². The fourth-order valence-corrected chi connectivity index (χ4v) is 3.82. The van der Waals surface area contributed by atoms with E-state index >= 15 is 0 Å². The third kappa shape index (κ3) is 4.32. The van der Waals surface area contributed by atoms with Crippen molar-refractivity contribution in [2.24, 2.45) is 20.0 Å². The number of carbonyl (C=O) groups excluding carboxylic acids is 1. The zero-order chi connectivity index (χ0) is 20.3. The molecule has 0 bridgehead atoms. The average Bonchev–Trinajstić information content (AvgIpc) is 2.70. The van der Waals surface area contributed by atoms with Crippen molar-refractivity contribution in [1.82, 2.24) is 24.3 Å². The third-order valence-corrected chi connectivity index (χ3v) is 5.46. The van der Waals surface area contributed by atoms with Crippen molar-refractivity contribution in [2.75, 3.05) is 26.2 Å². The number of aryl methyl sites for hydroxylation is 1. The van der Waals surface area contributed by atoms with Crippen molar-refractivity contribution in [3.63, 3.8) is 0 Å². The van der Waals surface area contributed by atoms with Crippen LogP contribution < -0.4 is 16.6 Å². The lowest BCUT2D eigenvalue weighted by molar-refractivity contribution is 0.0947. The van der Waals surface area contributed by atoms with Gasteiger partial charge in [0.15, 0.2) is 0 Å². The Balaban J connectivity index is 1.56. The van der Waals surface area contributed by atoms with Crippen LogP contribution in [0.5, 0.6) is 0 Å². The topological polar surface area (TPSA) is 89.2 Å². The number of carbonyl (C=O) groups is 1. The highest BCUT2D eigenvalue weighted by Crippen LogP contribution is 2.15. The predicted octanol–water partition coefficient (Wildman–Crippen LogP) is 0.874.